The molecule has 0 spiro atoms. The molecule has 3 heterocycles. The van der Waals surface area contributed by atoms with Crippen molar-refractivity contribution in [2.75, 3.05) is 0 Å². The van der Waals surface area contributed by atoms with Crippen molar-refractivity contribution >= 4 is 53.8 Å². The first-order valence-electron chi connectivity index (χ1n) is 3.76. The quantitative estimate of drug-likeness (QED) is 0.524. The maximum absolute atomic E-state index is 5.99. The highest BCUT2D eigenvalue weighted by atomic mass is 35.5. The van der Waals surface area contributed by atoms with Crippen molar-refractivity contribution in [2.45, 2.75) is 0 Å². The van der Waals surface area contributed by atoms with Crippen molar-refractivity contribution in [3.63, 3.8) is 0 Å². The van der Waals surface area contributed by atoms with Crippen molar-refractivity contribution in [2.24, 2.45) is 0 Å². The van der Waals surface area contributed by atoms with Crippen LogP contribution in [0, 0.1) is 0 Å². The predicted octanol–water partition coefficient (Wildman–Crippen LogP) is 4.16. The van der Waals surface area contributed by atoms with Crippen LogP contribution in [0.5, 0.6) is 0 Å². The van der Waals surface area contributed by atoms with Gasteiger partial charge in [-0.2, -0.15) is 0 Å². The fourth-order valence-electron chi connectivity index (χ4n) is 1.38. The van der Waals surface area contributed by atoms with Crippen LogP contribution < -0.4 is 0 Å². The third-order valence-electron chi connectivity index (χ3n) is 1.95. The summed E-state index contributed by atoms with van der Waals surface area (Å²) >= 11 is 9.46. The Kier molecular flexibility index (Phi) is 1.59. The summed E-state index contributed by atoms with van der Waals surface area (Å²) < 4.78 is 3.73. The lowest BCUT2D eigenvalue weighted by Crippen LogP contribution is -1.70. The molecule has 3 aromatic heterocycles. The topological polar surface area (TPSA) is 12.9 Å². The fourth-order valence-corrected chi connectivity index (χ4v) is 3.87. The van der Waals surface area contributed by atoms with Gasteiger partial charge in [0.2, 0.25) is 0 Å². The first-order valence-corrected chi connectivity index (χ1v) is 5.84. The minimum absolute atomic E-state index is 0.617. The van der Waals surface area contributed by atoms with Crippen LogP contribution in [0.25, 0.3) is 19.5 Å². The van der Waals surface area contributed by atoms with Gasteiger partial charge < -0.3 is 0 Å². The molecular formula is C9H4ClNS2. The van der Waals surface area contributed by atoms with E-state index in [9.17, 15) is 0 Å². The van der Waals surface area contributed by atoms with E-state index in [2.05, 4.69) is 16.4 Å². The van der Waals surface area contributed by atoms with Crippen LogP contribution in [0.1, 0.15) is 0 Å². The molecule has 0 bridgehead atoms. The van der Waals surface area contributed by atoms with Crippen LogP contribution in [0.2, 0.25) is 5.15 Å². The van der Waals surface area contributed by atoms with Crippen LogP contribution in [0.15, 0.2) is 23.7 Å². The first kappa shape index (κ1) is 7.74. The van der Waals surface area contributed by atoms with E-state index in [1.165, 1.54) is 14.8 Å². The normalized spacial score (nSPS) is 11.5. The van der Waals surface area contributed by atoms with Crippen LogP contribution in [0.4, 0.5) is 0 Å². The number of nitrogens with zero attached hydrogens (tertiary/aromatic N) is 1. The largest absolute Gasteiger partial charge is 0.243 e. The number of aromatic nitrogens is 1. The SMILES string of the molecule is Clc1nccc2c1sc1ccsc12. The van der Waals surface area contributed by atoms with Gasteiger partial charge in [-0.1, -0.05) is 11.6 Å². The Morgan fingerprint density at radius 1 is 1.23 bits per heavy atom. The molecule has 0 unspecified atom stereocenters. The minimum atomic E-state index is 0.617. The fraction of sp³-hybridized carbons (Fsp3) is 0. The van der Waals surface area contributed by atoms with Gasteiger partial charge in [0.1, 0.15) is 5.15 Å². The van der Waals surface area contributed by atoms with Crippen molar-refractivity contribution in [3.05, 3.63) is 28.9 Å². The van der Waals surface area contributed by atoms with Gasteiger partial charge in [0.25, 0.3) is 0 Å². The Morgan fingerprint density at radius 3 is 3.08 bits per heavy atom. The molecule has 0 atom stereocenters. The molecule has 0 aliphatic carbocycles. The lowest BCUT2D eigenvalue weighted by molar-refractivity contribution is 1.37. The van der Waals surface area contributed by atoms with Gasteiger partial charge in [0.05, 0.1) is 9.40 Å². The molecule has 0 radical (unpaired) electrons. The number of pyridine rings is 1. The molecule has 13 heavy (non-hydrogen) atoms. The van der Waals surface area contributed by atoms with E-state index in [1.807, 2.05) is 6.07 Å². The van der Waals surface area contributed by atoms with E-state index in [0.29, 0.717) is 5.15 Å². The van der Waals surface area contributed by atoms with Crippen molar-refractivity contribution in [1.82, 2.24) is 4.98 Å². The van der Waals surface area contributed by atoms with Gasteiger partial charge in [0.15, 0.2) is 0 Å². The monoisotopic (exact) mass is 225 g/mol. The minimum Gasteiger partial charge on any atom is -0.243 e. The third-order valence-corrected chi connectivity index (χ3v) is 4.60. The van der Waals surface area contributed by atoms with Crippen LogP contribution in [-0.2, 0) is 0 Å². The van der Waals surface area contributed by atoms with Gasteiger partial charge in [-0.15, -0.1) is 22.7 Å². The van der Waals surface area contributed by atoms with Crippen molar-refractivity contribution < 1.29 is 0 Å². The summed E-state index contributed by atoms with van der Waals surface area (Å²) in [5.74, 6) is 0. The summed E-state index contributed by atoms with van der Waals surface area (Å²) in [6.45, 7) is 0. The Labute approximate surface area is 87.6 Å². The molecule has 0 saturated heterocycles. The highest BCUT2D eigenvalue weighted by Gasteiger charge is 2.08. The van der Waals surface area contributed by atoms with Crippen LogP contribution in [0.3, 0.4) is 0 Å². The predicted molar refractivity (Wildman–Crippen MR) is 60.0 cm³/mol. The second-order valence-electron chi connectivity index (χ2n) is 2.69. The summed E-state index contributed by atoms with van der Waals surface area (Å²) in [7, 11) is 0. The van der Waals surface area contributed by atoms with E-state index < -0.39 is 0 Å². The number of halogens is 1. The van der Waals surface area contributed by atoms with E-state index >= 15 is 0 Å². The molecule has 3 aromatic rings. The average molecular weight is 226 g/mol. The number of thiophene rings is 2. The smallest absolute Gasteiger partial charge is 0.146 e. The molecule has 0 N–H and O–H groups in total. The molecule has 0 aliphatic heterocycles. The molecule has 3 rings (SSSR count). The highest BCUT2D eigenvalue weighted by molar-refractivity contribution is 7.32. The average Bonchev–Trinajstić information content (AvgIpc) is 2.65. The van der Waals surface area contributed by atoms with Gasteiger partial charge in [0, 0.05) is 16.3 Å². The summed E-state index contributed by atoms with van der Waals surface area (Å²) in [6.07, 6.45) is 1.76. The zero-order valence-corrected chi connectivity index (χ0v) is 8.84. The van der Waals surface area contributed by atoms with E-state index in [1.54, 1.807) is 28.9 Å². The van der Waals surface area contributed by atoms with Crippen LogP contribution >= 0.6 is 34.3 Å². The number of rotatable bonds is 0. The molecule has 0 aliphatic rings. The maximum Gasteiger partial charge on any atom is 0.146 e. The van der Waals surface area contributed by atoms with Gasteiger partial charge in [-0.25, -0.2) is 4.98 Å². The second-order valence-corrected chi connectivity index (χ2v) is 5.02. The van der Waals surface area contributed by atoms with Gasteiger partial charge in [-0.3, -0.25) is 0 Å². The van der Waals surface area contributed by atoms with E-state index in [0.717, 1.165) is 4.70 Å². The Balaban J connectivity index is 2.66. The standard InChI is InChI=1S/C9H4ClNS2/c10-9-8-5(1-3-11-9)7-6(13-8)2-4-12-7/h1-4H. The molecule has 4 heteroatoms. The summed E-state index contributed by atoms with van der Waals surface area (Å²) in [6, 6.07) is 4.15. The zero-order valence-electron chi connectivity index (χ0n) is 6.45. The van der Waals surface area contributed by atoms with Crippen LogP contribution in [-0.4, -0.2) is 4.98 Å². The zero-order chi connectivity index (χ0) is 8.84. The molecule has 0 aromatic carbocycles. The molecule has 0 saturated carbocycles. The maximum atomic E-state index is 5.99. The Hall–Kier alpha value is -0.640. The van der Waals surface area contributed by atoms with Crippen molar-refractivity contribution in [3.8, 4) is 0 Å². The van der Waals surface area contributed by atoms with Crippen molar-refractivity contribution in [1.29, 1.82) is 0 Å². The van der Waals surface area contributed by atoms with Gasteiger partial charge >= 0.3 is 0 Å². The molecule has 1 nitrogen and oxygen atoms in total. The third kappa shape index (κ3) is 1.01. The summed E-state index contributed by atoms with van der Waals surface area (Å²) in [5, 5.41) is 3.95. The van der Waals surface area contributed by atoms with Gasteiger partial charge in [-0.05, 0) is 17.5 Å². The molecule has 64 valence electrons. The number of hydrogen-bond acceptors (Lipinski definition) is 3. The summed E-state index contributed by atoms with van der Waals surface area (Å²) in [4.78, 5) is 4.06. The highest BCUT2D eigenvalue weighted by Crippen LogP contribution is 2.39. The summed E-state index contributed by atoms with van der Waals surface area (Å²) in [5.41, 5.74) is 0. The first-order chi connectivity index (χ1) is 6.36. The number of fused-ring (bicyclic) bond motifs is 3. The number of hydrogen-bond donors (Lipinski definition) is 0. The molecule has 0 amide bonds. The lowest BCUT2D eigenvalue weighted by Gasteiger charge is -1.89. The second kappa shape index (κ2) is 2.67. The van der Waals surface area contributed by atoms with E-state index in [4.69, 9.17) is 11.6 Å². The lowest BCUT2D eigenvalue weighted by atomic mass is 10.3. The molecule has 0 fully saturated rings. The van der Waals surface area contributed by atoms with E-state index in [-0.39, 0.29) is 0 Å². The molecular weight excluding hydrogens is 222 g/mol. The Morgan fingerprint density at radius 2 is 2.15 bits per heavy atom. The Bertz CT molecular complexity index is 581.